The summed E-state index contributed by atoms with van der Waals surface area (Å²) in [6.45, 7) is 2.83. The van der Waals surface area contributed by atoms with Gasteiger partial charge in [0.25, 0.3) is 5.91 Å². The van der Waals surface area contributed by atoms with Crippen molar-refractivity contribution < 1.29 is 22.7 Å². The number of benzene rings is 2. The highest BCUT2D eigenvalue weighted by atomic mass is 32.2. The van der Waals surface area contributed by atoms with Gasteiger partial charge < -0.3 is 15.0 Å². The Kier molecular flexibility index (Phi) is 5.30. The van der Waals surface area contributed by atoms with Crippen LogP contribution in [0.2, 0.25) is 0 Å². The number of alkyl halides is 3. The van der Waals surface area contributed by atoms with Gasteiger partial charge in [-0.05, 0) is 53.6 Å². The third kappa shape index (κ3) is 4.05. The van der Waals surface area contributed by atoms with E-state index in [1.54, 1.807) is 12.3 Å². The Labute approximate surface area is 186 Å². The van der Waals surface area contributed by atoms with Crippen LogP contribution in [0.15, 0.2) is 64.5 Å². The van der Waals surface area contributed by atoms with Crippen LogP contribution in [0, 0.1) is 0 Å². The van der Waals surface area contributed by atoms with Gasteiger partial charge in [0.1, 0.15) is 5.82 Å². The quantitative estimate of drug-likeness (QED) is 0.565. The second-order valence-corrected chi connectivity index (χ2v) is 8.56. The zero-order chi connectivity index (χ0) is 22.3. The van der Waals surface area contributed by atoms with Gasteiger partial charge in [-0.15, -0.1) is 0 Å². The fraction of sp³-hybridized carbons (Fsp3) is 0.217. The van der Waals surface area contributed by atoms with E-state index < -0.39 is 17.6 Å². The largest absolute Gasteiger partial charge is 0.416 e. The van der Waals surface area contributed by atoms with Gasteiger partial charge in [-0.1, -0.05) is 17.8 Å². The molecule has 3 heterocycles. The Morgan fingerprint density at radius 3 is 2.50 bits per heavy atom. The minimum absolute atomic E-state index is 0.158. The Morgan fingerprint density at radius 1 is 0.969 bits per heavy atom. The van der Waals surface area contributed by atoms with Crippen molar-refractivity contribution in [2.75, 3.05) is 36.5 Å². The molecule has 5 nitrogen and oxygen atoms in total. The summed E-state index contributed by atoms with van der Waals surface area (Å²) >= 11 is 1.27. The van der Waals surface area contributed by atoms with Gasteiger partial charge in [0.05, 0.1) is 30.0 Å². The van der Waals surface area contributed by atoms with Gasteiger partial charge in [-0.3, -0.25) is 4.79 Å². The molecule has 0 atom stereocenters. The Balaban J connectivity index is 1.47. The van der Waals surface area contributed by atoms with E-state index in [0.717, 1.165) is 42.2 Å². The summed E-state index contributed by atoms with van der Waals surface area (Å²) in [5, 5.41) is 2.64. The number of fused-ring (bicyclic) bond motifs is 2. The molecule has 2 aliphatic heterocycles. The number of amides is 1. The molecule has 2 aliphatic rings. The van der Waals surface area contributed by atoms with E-state index in [4.69, 9.17) is 4.74 Å². The molecule has 1 saturated heterocycles. The normalized spacial score (nSPS) is 16.1. The zero-order valence-corrected chi connectivity index (χ0v) is 17.6. The summed E-state index contributed by atoms with van der Waals surface area (Å²) in [7, 11) is 0. The monoisotopic (exact) mass is 457 g/mol. The molecule has 0 radical (unpaired) electrons. The van der Waals surface area contributed by atoms with E-state index in [9.17, 15) is 18.0 Å². The highest BCUT2D eigenvalue weighted by Gasteiger charge is 2.32. The summed E-state index contributed by atoms with van der Waals surface area (Å²) in [5.74, 6) is 0.404. The number of carbonyl (C=O) groups is 1. The van der Waals surface area contributed by atoms with Crippen LogP contribution in [0.4, 0.5) is 24.7 Å². The third-order valence-corrected chi connectivity index (χ3v) is 6.56. The van der Waals surface area contributed by atoms with Gasteiger partial charge in [-0.2, -0.15) is 13.2 Å². The van der Waals surface area contributed by atoms with E-state index in [1.165, 1.54) is 17.8 Å². The first-order valence-corrected chi connectivity index (χ1v) is 10.8. The highest BCUT2D eigenvalue weighted by Crippen LogP contribution is 2.42. The Hall–Kier alpha value is -3.04. The van der Waals surface area contributed by atoms with Crippen LogP contribution >= 0.6 is 11.8 Å². The molecule has 3 aromatic rings. The fourth-order valence-electron chi connectivity index (χ4n) is 3.74. The molecule has 1 aromatic heterocycles. The van der Waals surface area contributed by atoms with Crippen molar-refractivity contribution in [2.24, 2.45) is 0 Å². The molecular weight excluding hydrogens is 439 g/mol. The molecule has 164 valence electrons. The number of anilines is 2. The number of pyridine rings is 1. The molecule has 0 saturated carbocycles. The highest BCUT2D eigenvalue weighted by molar-refractivity contribution is 7.99. The molecular formula is C23H18F3N3O2S. The summed E-state index contributed by atoms with van der Waals surface area (Å²) in [5.41, 5.74) is 1.52. The van der Waals surface area contributed by atoms with Gasteiger partial charge in [0, 0.05) is 29.1 Å². The molecule has 1 N–H and O–H groups in total. The van der Waals surface area contributed by atoms with E-state index in [0.29, 0.717) is 28.6 Å². The first-order valence-electron chi connectivity index (χ1n) is 10.0. The van der Waals surface area contributed by atoms with Crippen molar-refractivity contribution >= 4 is 29.2 Å². The van der Waals surface area contributed by atoms with Crippen molar-refractivity contribution in [3.63, 3.8) is 0 Å². The SMILES string of the molecule is O=C1Nc2cc(C(F)(F)F)ccc2Sc2ccc(-c3ccnc(N4CCOCC4)c3)cc21. The first-order chi connectivity index (χ1) is 15.4. The maximum atomic E-state index is 13.1. The standard InChI is InChI=1S/C23H18F3N3O2S/c24-23(25,26)16-2-4-20-18(13-16)28-22(30)17-11-14(1-3-19(17)32-20)15-5-6-27-21(12-15)29-7-9-31-10-8-29/h1-6,11-13H,7-10H2,(H,28,30). The lowest BCUT2D eigenvalue weighted by atomic mass is 10.0. The number of ether oxygens (including phenoxy) is 1. The maximum Gasteiger partial charge on any atom is 0.416 e. The van der Waals surface area contributed by atoms with Gasteiger partial charge in [0.2, 0.25) is 0 Å². The molecule has 5 rings (SSSR count). The summed E-state index contributed by atoms with van der Waals surface area (Å²) in [4.78, 5) is 20.7. The fourth-order valence-corrected chi connectivity index (χ4v) is 4.73. The molecule has 0 unspecified atom stereocenters. The number of aromatic nitrogens is 1. The van der Waals surface area contributed by atoms with Gasteiger partial charge in [-0.25, -0.2) is 4.98 Å². The first kappa shape index (κ1) is 20.8. The van der Waals surface area contributed by atoms with Crippen molar-refractivity contribution in [1.29, 1.82) is 0 Å². The number of carbonyl (C=O) groups excluding carboxylic acids is 1. The molecule has 1 amide bonds. The van der Waals surface area contributed by atoms with Crippen molar-refractivity contribution in [3.8, 4) is 11.1 Å². The van der Waals surface area contributed by atoms with Crippen LogP contribution in [-0.2, 0) is 10.9 Å². The second-order valence-electron chi connectivity index (χ2n) is 7.48. The topological polar surface area (TPSA) is 54.5 Å². The summed E-state index contributed by atoms with van der Waals surface area (Å²) in [6.07, 6.45) is -2.74. The average molecular weight is 457 g/mol. The van der Waals surface area contributed by atoms with Crippen LogP contribution in [0.25, 0.3) is 11.1 Å². The van der Waals surface area contributed by atoms with Crippen LogP contribution in [0.5, 0.6) is 0 Å². The van der Waals surface area contributed by atoms with Crippen LogP contribution in [-0.4, -0.2) is 37.2 Å². The molecule has 32 heavy (non-hydrogen) atoms. The van der Waals surface area contributed by atoms with Crippen LogP contribution < -0.4 is 10.2 Å². The third-order valence-electron chi connectivity index (χ3n) is 5.41. The summed E-state index contributed by atoms with van der Waals surface area (Å²) < 4.78 is 44.7. The van der Waals surface area contributed by atoms with Crippen molar-refractivity contribution in [1.82, 2.24) is 4.98 Å². The summed E-state index contributed by atoms with van der Waals surface area (Å²) in [6, 6.07) is 12.8. The molecule has 0 aliphatic carbocycles. The maximum absolute atomic E-state index is 13.1. The Morgan fingerprint density at radius 2 is 1.72 bits per heavy atom. The van der Waals surface area contributed by atoms with E-state index in [-0.39, 0.29) is 5.69 Å². The predicted octanol–water partition coefficient (Wildman–Crippen LogP) is 5.32. The van der Waals surface area contributed by atoms with Crippen molar-refractivity contribution in [3.05, 3.63) is 65.9 Å². The molecule has 0 bridgehead atoms. The number of nitrogens with zero attached hydrogens (tertiary/aromatic N) is 2. The van der Waals surface area contributed by atoms with E-state index >= 15 is 0 Å². The number of hydrogen-bond donors (Lipinski definition) is 1. The van der Waals surface area contributed by atoms with Gasteiger partial charge >= 0.3 is 6.18 Å². The lowest BCUT2D eigenvalue weighted by Crippen LogP contribution is -2.36. The average Bonchev–Trinajstić information content (AvgIpc) is 2.94. The molecule has 2 aromatic carbocycles. The van der Waals surface area contributed by atoms with Crippen LogP contribution in [0.3, 0.4) is 0 Å². The number of rotatable bonds is 2. The lowest BCUT2D eigenvalue weighted by molar-refractivity contribution is -0.137. The molecule has 9 heteroatoms. The lowest BCUT2D eigenvalue weighted by Gasteiger charge is -2.28. The minimum atomic E-state index is -4.48. The van der Waals surface area contributed by atoms with Crippen LogP contribution in [0.1, 0.15) is 15.9 Å². The van der Waals surface area contributed by atoms with Crippen molar-refractivity contribution in [2.45, 2.75) is 16.0 Å². The molecule has 0 spiro atoms. The zero-order valence-electron chi connectivity index (χ0n) is 16.8. The number of hydrogen-bond acceptors (Lipinski definition) is 5. The molecule has 1 fully saturated rings. The Bertz CT molecular complexity index is 1190. The minimum Gasteiger partial charge on any atom is -0.378 e. The number of morpholine rings is 1. The number of halogens is 3. The smallest absolute Gasteiger partial charge is 0.378 e. The number of nitrogens with one attached hydrogen (secondary N) is 1. The van der Waals surface area contributed by atoms with E-state index in [1.807, 2.05) is 24.3 Å². The van der Waals surface area contributed by atoms with E-state index in [2.05, 4.69) is 15.2 Å². The second kappa shape index (κ2) is 8.14. The predicted molar refractivity (Wildman–Crippen MR) is 116 cm³/mol. The van der Waals surface area contributed by atoms with Gasteiger partial charge in [0.15, 0.2) is 0 Å².